The first-order valence-corrected chi connectivity index (χ1v) is 8.60. The number of rotatable bonds is 6. The molecule has 1 heterocycles. The van der Waals surface area contributed by atoms with E-state index in [9.17, 15) is 19.2 Å². The zero-order valence-electron chi connectivity index (χ0n) is 16.0. The molecule has 0 aliphatic carbocycles. The van der Waals surface area contributed by atoms with Crippen LogP contribution >= 0.6 is 0 Å². The summed E-state index contributed by atoms with van der Waals surface area (Å²) in [6.07, 6.45) is 1.07. The standard InChI is InChI=1S/C19H21NO8/c1-5-25-15(21)11-7-8-14(12(9-11)16(22)26-6-2)20-10-13-17(23)27-19(3,4)28-18(13)24/h7-10,20H,5-6H2,1-4H3. The van der Waals surface area contributed by atoms with E-state index < -0.39 is 29.7 Å². The number of cyclic esters (lactones) is 2. The zero-order valence-corrected chi connectivity index (χ0v) is 16.0. The van der Waals surface area contributed by atoms with E-state index in [1.54, 1.807) is 13.8 Å². The van der Waals surface area contributed by atoms with Crippen molar-refractivity contribution in [2.24, 2.45) is 0 Å². The third kappa shape index (κ3) is 4.87. The molecule has 28 heavy (non-hydrogen) atoms. The molecule has 0 bridgehead atoms. The maximum Gasteiger partial charge on any atom is 0.350 e. The number of esters is 4. The lowest BCUT2D eigenvalue weighted by Crippen LogP contribution is -2.42. The Morgan fingerprint density at radius 2 is 1.61 bits per heavy atom. The summed E-state index contributed by atoms with van der Waals surface area (Å²) in [6, 6.07) is 4.17. The smallest absolute Gasteiger partial charge is 0.350 e. The van der Waals surface area contributed by atoms with Gasteiger partial charge in [-0.2, -0.15) is 0 Å². The Morgan fingerprint density at radius 1 is 1.04 bits per heavy atom. The van der Waals surface area contributed by atoms with Gasteiger partial charge in [0, 0.05) is 20.0 Å². The van der Waals surface area contributed by atoms with Crippen LogP contribution in [0, 0.1) is 0 Å². The third-order valence-electron chi connectivity index (χ3n) is 3.51. The molecule has 1 saturated heterocycles. The van der Waals surface area contributed by atoms with Gasteiger partial charge in [0.15, 0.2) is 5.57 Å². The highest BCUT2D eigenvalue weighted by Crippen LogP contribution is 2.24. The monoisotopic (exact) mass is 391 g/mol. The Morgan fingerprint density at radius 3 is 2.18 bits per heavy atom. The maximum absolute atomic E-state index is 12.2. The summed E-state index contributed by atoms with van der Waals surface area (Å²) >= 11 is 0. The first kappa shape index (κ1) is 20.9. The molecule has 1 aromatic rings. The van der Waals surface area contributed by atoms with Gasteiger partial charge in [0.1, 0.15) is 0 Å². The summed E-state index contributed by atoms with van der Waals surface area (Å²) < 4.78 is 19.9. The van der Waals surface area contributed by atoms with Gasteiger partial charge in [-0.15, -0.1) is 0 Å². The number of benzene rings is 1. The number of carbonyl (C=O) groups excluding carboxylic acids is 4. The van der Waals surface area contributed by atoms with E-state index in [0.717, 1.165) is 6.20 Å². The van der Waals surface area contributed by atoms with Gasteiger partial charge in [-0.05, 0) is 32.0 Å². The lowest BCUT2D eigenvalue weighted by Gasteiger charge is -2.29. The minimum Gasteiger partial charge on any atom is -0.462 e. The topological polar surface area (TPSA) is 117 Å². The van der Waals surface area contributed by atoms with Gasteiger partial charge in [0.05, 0.1) is 30.0 Å². The summed E-state index contributed by atoms with van der Waals surface area (Å²) in [6.45, 7) is 6.46. The van der Waals surface area contributed by atoms with E-state index in [1.165, 1.54) is 32.0 Å². The lowest BCUT2D eigenvalue weighted by molar-refractivity contribution is -0.222. The van der Waals surface area contributed by atoms with Gasteiger partial charge in [-0.25, -0.2) is 19.2 Å². The molecule has 9 nitrogen and oxygen atoms in total. The first-order valence-electron chi connectivity index (χ1n) is 8.60. The summed E-state index contributed by atoms with van der Waals surface area (Å²) in [5.74, 6) is -4.38. The summed E-state index contributed by atoms with van der Waals surface area (Å²) in [7, 11) is 0. The highest BCUT2D eigenvalue weighted by atomic mass is 16.7. The van der Waals surface area contributed by atoms with E-state index >= 15 is 0 Å². The van der Waals surface area contributed by atoms with Gasteiger partial charge in [-0.3, -0.25) is 0 Å². The Hall–Kier alpha value is -3.36. The molecule has 150 valence electrons. The van der Waals surface area contributed by atoms with Crippen molar-refractivity contribution >= 4 is 29.6 Å². The third-order valence-corrected chi connectivity index (χ3v) is 3.51. The molecule has 0 unspecified atom stereocenters. The van der Waals surface area contributed by atoms with E-state index in [1.807, 2.05) is 0 Å². The maximum atomic E-state index is 12.2. The molecule has 0 radical (unpaired) electrons. The van der Waals surface area contributed by atoms with Gasteiger partial charge >= 0.3 is 23.9 Å². The van der Waals surface area contributed by atoms with Crippen molar-refractivity contribution in [3.05, 3.63) is 41.1 Å². The van der Waals surface area contributed by atoms with E-state index in [-0.39, 0.29) is 35.6 Å². The van der Waals surface area contributed by atoms with Crippen LogP contribution in [0.3, 0.4) is 0 Å². The molecule has 0 atom stereocenters. The SMILES string of the molecule is CCOC(=O)c1ccc(NC=C2C(=O)OC(C)(C)OC2=O)c(C(=O)OCC)c1. The number of hydrogen-bond donors (Lipinski definition) is 1. The van der Waals surface area contributed by atoms with Gasteiger partial charge in [0.25, 0.3) is 5.79 Å². The summed E-state index contributed by atoms with van der Waals surface area (Å²) in [5, 5.41) is 2.69. The number of hydrogen-bond acceptors (Lipinski definition) is 9. The largest absolute Gasteiger partial charge is 0.462 e. The molecular formula is C19H21NO8. The number of carbonyl (C=O) groups is 4. The molecule has 1 fully saturated rings. The molecular weight excluding hydrogens is 370 g/mol. The molecule has 2 rings (SSSR count). The van der Waals surface area contributed by atoms with Crippen molar-refractivity contribution in [1.82, 2.24) is 0 Å². The van der Waals surface area contributed by atoms with Crippen molar-refractivity contribution in [3.8, 4) is 0 Å². The number of ether oxygens (including phenoxy) is 4. The van der Waals surface area contributed by atoms with Crippen LogP contribution in [0.2, 0.25) is 0 Å². The second kappa shape index (κ2) is 8.55. The van der Waals surface area contributed by atoms with E-state index in [2.05, 4.69) is 5.32 Å². The minimum atomic E-state index is -1.36. The molecule has 0 aromatic heterocycles. The molecule has 0 spiro atoms. The summed E-state index contributed by atoms with van der Waals surface area (Å²) in [4.78, 5) is 48.1. The fourth-order valence-corrected chi connectivity index (χ4v) is 2.32. The Kier molecular flexibility index (Phi) is 6.40. The summed E-state index contributed by atoms with van der Waals surface area (Å²) in [5.41, 5.74) is 0.0245. The number of anilines is 1. The molecule has 0 saturated carbocycles. The number of nitrogens with one attached hydrogen (secondary N) is 1. The van der Waals surface area contributed by atoms with Crippen LogP contribution in [0.15, 0.2) is 30.0 Å². The quantitative estimate of drug-likeness (QED) is 0.337. The van der Waals surface area contributed by atoms with Crippen molar-refractivity contribution in [1.29, 1.82) is 0 Å². The predicted octanol–water partition coefficient (Wildman–Crippen LogP) is 2.17. The van der Waals surface area contributed by atoms with Crippen molar-refractivity contribution in [3.63, 3.8) is 0 Å². The lowest BCUT2D eigenvalue weighted by atomic mass is 10.1. The normalized spacial score (nSPS) is 15.2. The molecule has 1 aliphatic rings. The second-order valence-corrected chi connectivity index (χ2v) is 6.08. The van der Waals surface area contributed by atoms with Gasteiger partial charge in [0.2, 0.25) is 0 Å². The van der Waals surface area contributed by atoms with Gasteiger partial charge < -0.3 is 24.3 Å². The zero-order chi connectivity index (χ0) is 20.9. The van der Waals surface area contributed by atoms with Crippen molar-refractivity contribution in [2.75, 3.05) is 18.5 Å². The Labute approximate surface area is 161 Å². The van der Waals surface area contributed by atoms with Crippen LogP contribution in [0.25, 0.3) is 0 Å². The van der Waals surface area contributed by atoms with Crippen LogP contribution in [0.4, 0.5) is 5.69 Å². The molecule has 1 aromatic carbocycles. The van der Waals surface area contributed by atoms with Crippen LogP contribution in [-0.2, 0) is 28.5 Å². The predicted molar refractivity (Wildman–Crippen MR) is 96.3 cm³/mol. The van der Waals surface area contributed by atoms with Crippen LogP contribution in [-0.4, -0.2) is 42.9 Å². The average Bonchev–Trinajstić information content (AvgIpc) is 2.60. The highest BCUT2D eigenvalue weighted by Gasteiger charge is 2.39. The first-order chi connectivity index (χ1) is 13.2. The van der Waals surface area contributed by atoms with Crippen LogP contribution in [0.5, 0.6) is 0 Å². The van der Waals surface area contributed by atoms with E-state index in [0.29, 0.717) is 0 Å². The highest BCUT2D eigenvalue weighted by molar-refractivity contribution is 6.15. The van der Waals surface area contributed by atoms with E-state index in [4.69, 9.17) is 18.9 Å². The molecule has 1 N–H and O–H groups in total. The minimum absolute atomic E-state index is 0.0297. The van der Waals surface area contributed by atoms with Crippen LogP contribution < -0.4 is 5.32 Å². The molecule has 9 heteroatoms. The van der Waals surface area contributed by atoms with Crippen molar-refractivity contribution < 1.29 is 38.1 Å². The average molecular weight is 391 g/mol. The Bertz CT molecular complexity index is 818. The van der Waals surface area contributed by atoms with Crippen molar-refractivity contribution in [2.45, 2.75) is 33.5 Å². The fraction of sp³-hybridized carbons (Fsp3) is 0.368. The molecule has 0 amide bonds. The molecule has 1 aliphatic heterocycles. The second-order valence-electron chi connectivity index (χ2n) is 6.08. The van der Waals surface area contributed by atoms with Crippen LogP contribution in [0.1, 0.15) is 48.4 Å². The fourth-order valence-electron chi connectivity index (χ4n) is 2.32. The Balaban J connectivity index is 2.34. The van der Waals surface area contributed by atoms with Gasteiger partial charge in [-0.1, -0.05) is 0 Å².